The summed E-state index contributed by atoms with van der Waals surface area (Å²) < 4.78 is 13.8. The van der Waals surface area contributed by atoms with Gasteiger partial charge >= 0.3 is 0 Å². The minimum atomic E-state index is -0.313. The van der Waals surface area contributed by atoms with Crippen LogP contribution in [0.1, 0.15) is 19.3 Å². The van der Waals surface area contributed by atoms with Crippen LogP contribution in [0.2, 0.25) is 0 Å². The molecule has 0 aliphatic carbocycles. The zero-order valence-corrected chi connectivity index (χ0v) is 10.3. The molecular weight excluding hydrogens is 231 g/mol. The molecule has 1 aromatic rings. The smallest absolute Gasteiger partial charge is 0.234 e. The summed E-state index contributed by atoms with van der Waals surface area (Å²) in [6.45, 7) is 2.34. The third-order valence-electron chi connectivity index (χ3n) is 4.13. The molecule has 0 radical (unpaired) electrons. The second-order valence-electron chi connectivity index (χ2n) is 5.22. The van der Waals surface area contributed by atoms with Gasteiger partial charge < -0.3 is 10.2 Å². The summed E-state index contributed by atoms with van der Waals surface area (Å²) in [5, 5.41) is 3.29. The highest BCUT2D eigenvalue weighted by Crippen LogP contribution is 2.40. The van der Waals surface area contributed by atoms with E-state index in [0.717, 1.165) is 32.4 Å². The molecule has 96 valence electrons. The number of nitrogens with one attached hydrogen (secondary N) is 1. The van der Waals surface area contributed by atoms with Gasteiger partial charge in [0.1, 0.15) is 5.82 Å². The van der Waals surface area contributed by atoms with Crippen molar-refractivity contribution in [3.05, 3.63) is 30.1 Å². The van der Waals surface area contributed by atoms with Gasteiger partial charge in [-0.15, -0.1) is 0 Å². The van der Waals surface area contributed by atoms with Crippen molar-refractivity contribution < 1.29 is 9.18 Å². The third-order valence-corrected chi connectivity index (χ3v) is 4.13. The van der Waals surface area contributed by atoms with Gasteiger partial charge in [-0.2, -0.15) is 0 Å². The molecule has 0 aromatic heterocycles. The minimum Gasteiger partial charge on any atom is -0.316 e. The lowest BCUT2D eigenvalue weighted by Gasteiger charge is -2.32. The molecular formula is C14H17FN2O. The summed E-state index contributed by atoms with van der Waals surface area (Å²) in [7, 11) is 0. The van der Waals surface area contributed by atoms with Crippen molar-refractivity contribution in [3.8, 4) is 0 Å². The molecule has 1 unspecified atom stereocenters. The summed E-state index contributed by atoms with van der Waals surface area (Å²) in [6, 6.07) is 6.52. The number of piperidine rings is 1. The van der Waals surface area contributed by atoms with Gasteiger partial charge in [-0.05, 0) is 37.9 Å². The normalized spacial score (nSPS) is 28.1. The maximum Gasteiger partial charge on any atom is 0.234 e. The number of amides is 1. The Morgan fingerprint density at radius 2 is 2.11 bits per heavy atom. The van der Waals surface area contributed by atoms with Gasteiger partial charge in [-0.25, -0.2) is 4.39 Å². The molecule has 3 nitrogen and oxygen atoms in total. The van der Waals surface area contributed by atoms with Crippen LogP contribution >= 0.6 is 0 Å². The summed E-state index contributed by atoms with van der Waals surface area (Å²) in [5.41, 5.74) is 0.130. The summed E-state index contributed by atoms with van der Waals surface area (Å²) in [4.78, 5) is 14.2. The highest BCUT2D eigenvalue weighted by molar-refractivity contribution is 6.00. The van der Waals surface area contributed by atoms with Gasteiger partial charge in [0.05, 0.1) is 11.1 Å². The fourth-order valence-electron chi connectivity index (χ4n) is 3.08. The standard InChI is InChI=1S/C14H17FN2O/c15-11-4-1-2-5-12(11)17-9-7-14(13(17)18)6-3-8-16-10-14/h1-2,4-5,16H,3,6-10H2. The third kappa shape index (κ3) is 1.72. The summed E-state index contributed by atoms with van der Waals surface area (Å²) >= 11 is 0. The van der Waals surface area contributed by atoms with Crippen molar-refractivity contribution in [1.29, 1.82) is 0 Å². The van der Waals surface area contributed by atoms with Gasteiger partial charge in [0.25, 0.3) is 0 Å². The zero-order chi connectivity index (χ0) is 12.6. The topological polar surface area (TPSA) is 32.3 Å². The second kappa shape index (κ2) is 4.35. The number of benzene rings is 1. The molecule has 1 amide bonds. The first-order valence-corrected chi connectivity index (χ1v) is 6.50. The Labute approximate surface area is 106 Å². The molecule has 0 saturated carbocycles. The highest BCUT2D eigenvalue weighted by atomic mass is 19.1. The van der Waals surface area contributed by atoms with Crippen molar-refractivity contribution in [1.82, 2.24) is 5.32 Å². The fraction of sp³-hybridized carbons (Fsp3) is 0.500. The van der Waals surface area contributed by atoms with Crippen LogP contribution in [0.25, 0.3) is 0 Å². The van der Waals surface area contributed by atoms with Crippen LogP contribution in [0.4, 0.5) is 10.1 Å². The number of hydrogen-bond acceptors (Lipinski definition) is 2. The SMILES string of the molecule is O=C1N(c2ccccc2F)CCC12CCCNC2. The van der Waals surface area contributed by atoms with E-state index in [1.54, 1.807) is 23.1 Å². The van der Waals surface area contributed by atoms with Gasteiger partial charge in [0.2, 0.25) is 5.91 Å². The largest absolute Gasteiger partial charge is 0.316 e. The van der Waals surface area contributed by atoms with Crippen LogP contribution in [0.3, 0.4) is 0 Å². The molecule has 1 N–H and O–H groups in total. The van der Waals surface area contributed by atoms with E-state index in [-0.39, 0.29) is 17.1 Å². The number of halogens is 1. The molecule has 3 rings (SSSR count). The number of hydrogen-bond donors (Lipinski definition) is 1. The predicted octanol–water partition coefficient (Wildman–Crippen LogP) is 1.93. The van der Waals surface area contributed by atoms with Gasteiger partial charge in [-0.1, -0.05) is 12.1 Å². The molecule has 2 aliphatic rings. The molecule has 2 heterocycles. The lowest BCUT2D eigenvalue weighted by molar-refractivity contribution is -0.126. The predicted molar refractivity (Wildman–Crippen MR) is 67.9 cm³/mol. The number of para-hydroxylation sites is 1. The highest BCUT2D eigenvalue weighted by Gasteiger charge is 2.47. The first-order valence-electron chi connectivity index (χ1n) is 6.50. The van der Waals surface area contributed by atoms with E-state index in [1.807, 2.05) is 0 Å². The number of rotatable bonds is 1. The molecule has 2 fully saturated rings. The molecule has 1 atom stereocenters. The quantitative estimate of drug-likeness (QED) is 0.823. The Morgan fingerprint density at radius 1 is 1.28 bits per heavy atom. The lowest BCUT2D eigenvalue weighted by Crippen LogP contribution is -2.45. The molecule has 18 heavy (non-hydrogen) atoms. The van der Waals surface area contributed by atoms with E-state index in [9.17, 15) is 9.18 Å². The first kappa shape index (κ1) is 11.7. The molecule has 0 bridgehead atoms. The van der Waals surface area contributed by atoms with Gasteiger partial charge in [0, 0.05) is 13.1 Å². The summed E-state index contributed by atoms with van der Waals surface area (Å²) in [5.74, 6) is -0.230. The molecule has 4 heteroatoms. The molecule has 1 spiro atoms. The van der Waals surface area contributed by atoms with Gasteiger partial charge in [-0.3, -0.25) is 4.79 Å². The Hall–Kier alpha value is -1.42. The Morgan fingerprint density at radius 3 is 2.83 bits per heavy atom. The van der Waals surface area contributed by atoms with Crippen LogP contribution in [0.5, 0.6) is 0 Å². The Bertz CT molecular complexity index is 469. The van der Waals surface area contributed by atoms with Crippen molar-refractivity contribution in [3.63, 3.8) is 0 Å². The van der Waals surface area contributed by atoms with E-state index in [0.29, 0.717) is 12.2 Å². The van der Waals surface area contributed by atoms with E-state index >= 15 is 0 Å². The first-order chi connectivity index (χ1) is 8.73. The molecule has 1 aromatic carbocycles. The van der Waals surface area contributed by atoms with E-state index in [4.69, 9.17) is 0 Å². The van der Waals surface area contributed by atoms with Crippen LogP contribution in [0, 0.1) is 11.2 Å². The maximum absolute atomic E-state index is 13.8. The number of carbonyl (C=O) groups is 1. The van der Waals surface area contributed by atoms with Crippen LogP contribution in [0.15, 0.2) is 24.3 Å². The summed E-state index contributed by atoms with van der Waals surface area (Å²) in [6.07, 6.45) is 2.77. The zero-order valence-electron chi connectivity index (χ0n) is 10.3. The fourth-order valence-corrected chi connectivity index (χ4v) is 3.08. The number of carbonyl (C=O) groups excluding carboxylic acids is 1. The van der Waals surface area contributed by atoms with Crippen molar-refractivity contribution >= 4 is 11.6 Å². The van der Waals surface area contributed by atoms with Gasteiger partial charge in [0.15, 0.2) is 0 Å². The van der Waals surface area contributed by atoms with Crippen molar-refractivity contribution in [2.24, 2.45) is 5.41 Å². The monoisotopic (exact) mass is 248 g/mol. The van der Waals surface area contributed by atoms with Crippen LogP contribution < -0.4 is 10.2 Å². The molecule has 2 aliphatic heterocycles. The van der Waals surface area contributed by atoms with Crippen LogP contribution in [-0.2, 0) is 4.79 Å². The van der Waals surface area contributed by atoms with Crippen LogP contribution in [-0.4, -0.2) is 25.5 Å². The maximum atomic E-state index is 13.8. The van der Waals surface area contributed by atoms with Crippen molar-refractivity contribution in [2.45, 2.75) is 19.3 Å². The number of nitrogens with zero attached hydrogens (tertiary/aromatic N) is 1. The van der Waals surface area contributed by atoms with E-state index in [2.05, 4.69) is 5.32 Å². The Kier molecular flexibility index (Phi) is 2.82. The average Bonchev–Trinajstić information content (AvgIpc) is 2.69. The number of anilines is 1. The lowest BCUT2D eigenvalue weighted by atomic mass is 9.79. The van der Waals surface area contributed by atoms with E-state index in [1.165, 1.54) is 6.07 Å². The van der Waals surface area contributed by atoms with E-state index < -0.39 is 0 Å². The average molecular weight is 248 g/mol. The minimum absolute atomic E-state index is 0.0831. The molecule has 2 saturated heterocycles. The Balaban J connectivity index is 1.89. The second-order valence-corrected chi connectivity index (χ2v) is 5.22. The van der Waals surface area contributed by atoms with Crippen molar-refractivity contribution in [2.75, 3.05) is 24.5 Å².